The summed E-state index contributed by atoms with van der Waals surface area (Å²) in [5.41, 5.74) is 0.618. The second-order valence-electron chi connectivity index (χ2n) is 5.98. The number of carbonyl (C=O) groups is 1. The maximum absolute atomic E-state index is 10.0. The van der Waals surface area contributed by atoms with Gasteiger partial charge in [-0.2, -0.15) is 0 Å². The number of morpholine rings is 1. The highest BCUT2D eigenvalue weighted by molar-refractivity contribution is 5.46. The van der Waals surface area contributed by atoms with Gasteiger partial charge < -0.3 is 15.0 Å². The number of ether oxygens (including phenoxy) is 1. The van der Waals surface area contributed by atoms with Gasteiger partial charge >= 0.3 is 0 Å². The van der Waals surface area contributed by atoms with Crippen LogP contribution >= 0.6 is 0 Å². The Bertz CT molecular complexity index is 229. The Hall–Kier alpha value is -0.610. The zero-order chi connectivity index (χ0) is 17.4. The van der Waals surface area contributed by atoms with Crippen molar-refractivity contribution in [3.05, 3.63) is 0 Å². The van der Waals surface area contributed by atoms with Crippen LogP contribution < -0.4 is 5.32 Å². The zero-order valence-corrected chi connectivity index (χ0v) is 16.1. The Balaban J connectivity index is 0. The molecule has 0 spiro atoms. The summed E-state index contributed by atoms with van der Waals surface area (Å²) >= 11 is 0. The highest BCUT2D eigenvalue weighted by Crippen LogP contribution is 2.34. The van der Waals surface area contributed by atoms with Crippen LogP contribution in [0.25, 0.3) is 0 Å². The number of carbonyl (C=O) groups excluding carboxylic acids is 1. The SMILES string of the molecule is CC.CC.CNC1CCC(C)(C)CC1.O=CN1CCOCC1. The van der Waals surface area contributed by atoms with Gasteiger partial charge in [-0.1, -0.05) is 41.5 Å². The van der Waals surface area contributed by atoms with Gasteiger partial charge in [0.25, 0.3) is 0 Å². The molecule has 0 bridgehead atoms. The first-order valence-corrected chi connectivity index (χ1v) is 9.02. The lowest BCUT2D eigenvalue weighted by Crippen LogP contribution is -2.34. The number of nitrogens with zero attached hydrogens (tertiary/aromatic N) is 1. The normalized spacial score (nSPS) is 20.2. The summed E-state index contributed by atoms with van der Waals surface area (Å²) in [6.07, 6.45) is 6.37. The van der Waals surface area contributed by atoms with E-state index in [4.69, 9.17) is 4.74 Å². The summed E-state index contributed by atoms with van der Waals surface area (Å²) < 4.78 is 5.00. The number of hydrogen-bond donors (Lipinski definition) is 1. The van der Waals surface area contributed by atoms with Gasteiger partial charge in [-0.05, 0) is 38.1 Å². The Kier molecular flexibility index (Phi) is 16.4. The number of amides is 1. The minimum Gasteiger partial charge on any atom is -0.378 e. The van der Waals surface area contributed by atoms with Crippen molar-refractivity contribution in [1.82, 2.24) is 10.2 Å². The van der Waals surface area contributed by atoms with Gasteiger partial charge in [-0.15, -0.1) is 0 Å². The van der Waals surface area contributed by atoms with E-state index in [0.717, 1.165) is 25.5 Å². The van der Waals surface area contributed by atoms with E-state index in [1.54, 1.807) is 4.90 Å². The summed E-state index contributed by atoms with van der Waals surface area (Å²) in [4.78, 5) is 11.7. The van der Waals surface area contributed by atoms with Crippen molar-refractivity contribution in [2.24, 2.45) is 5.41 Å². The predicted octanol–water partition coefficient (Wildman–Crippen LogP) is 3.70. The standard InChI is InChI=1S/C9H19N.C5H9NO2.2C2H6/c1-9(2)6-4-8(10-3)5-7-9;7-5-6-1-3-8-4-2-6;2*1-2/h8,10H,4-7H2,1-3H3;5H,1-4H2;2*1-2H3. The van der Waals surface area contributed by atoms with E-state index in [0.29, 0.717) is 18.6 Å². The minimum atomic E-state index is 0.618. The highest BCUT2D eigenvalue weighted by Gasteiger charge is 2.25. The van der Waals surface area contributed by atoms with Crippen LogP contribution in [0.5, 0.6) is 0 Å². The molecule has 0 atom stereocenters. The molecule has 0 aromatic carbocycles. The smallest absolute Gasteiger partial charge is 0.209 e. The molecule has 2 aliphatic rings. The van der Waals surface area contributed by atoms with Crippen LogP contribution in [0, 0.1) is 5.41 Å². The van der Waals surface area contributed by atoms with Crippen molar-refractivity contribution in [2.75, 3.05) is 33.4 Å². The first kappa shape index (κ1) is 23.7. The van der Waals surface area contributed by atoms with Crippen LogP contribution in [0.2, 0.25) is 0 Å². The molecule has 2 fully saturated rings. The van der Waals surface area contributed by atoms with Crippen LogP contribution in [0.1, 0.15) is 67.2 Å². The van der Waals surface area contributed by atoms with Crippen molar-refractivity contribution in [3.63, 3.8) is 0 Å². The Morgan fingerprint density at radius 2 is 1.50 bits per heavy atom. The van der Waals surface area contributed by atoms with Crippen molar-refractivity contribution < 1.29 is 9.53 Å². The molecule has 0 unspecified atom stereocenters. The average Bonchev–Trinajstić information content (AvgIpc) is 2.60. The fraction of sp³-hybridized carbons (Fsp3) is 0.944. The summed E-state index contributed by atoms with van der Waals surface area (Å²) in [7, 11) is 2.07. The Morgan fingerprint density at radius 1 is 1.05 bits per heavy atom. The number of rotatable bonds is 2. The van der Waals surface area contributed by atoms with Gasteiger partial charge in [0.15, 0.2) is 0 Å². The lowest BCUT2D eigenvalue weighted by Gasteiger charge is -2.33. The van der Waals surface area contributed by atoms with Crippen molar-refractivity contribution in [2.45, 2.75) is 73.3 Å². The zero-order valence-electron chi connectivity index (χ0n) is 16.1. The third kappa shape index (κ3) is 12.0. The van der Waals surface area contributed by atoms with Gasteiger partial charge in [-0.3, -0.25) is 4.79 Å². The largest absolute Gasteiger partial charge is 0.378 e. The highest BCUT2D eigenvalue weighted by atomic mass is 16.5. The van der Waals surface area contributed by atoms with Crippen LogP contribution in [0.3, 0.4) is 0 Å². The summed E-state index contributed by atoms with van der Waals surface area (Å²) in [5.74, 6) is 0. The molecule has 1 saturated heterocycles. The van der Waals surface area contributed by atoms with Gasteiger partial charge in [0.2, 0.25) is 6.41 Å². The molecule has 0 radical (unpaired) electrons. The molecule has 1 amide bonds. The molecule has 0 aromatic rings. The lowest BCUT2D eigenvalue weighted by molar-refractivity contribution is -0.121. The second-order valence-corrected chi connectivity index (χ2v) is 5.98. The van der Waals surface area contributed by atoms with Gasteiger partial charge in [-0.25, -0.2) is 0 Å². The fourth-order valence-corrected chi connectivity index (χ4v) is 2.37. The third-order valence-corrected chi connectivity index (χ3v) is 3.94. The quantitative estimate of drug-likeness (QED) is 0.790. The van der Waals surface area contributed by atoms with Gasteiger partial charge in [0.05, 0.1) is 13.2 Å². The van der Waals surface area contributed by atoms with Crippen molar-refractivity contribution >= 4 is 6.41 Å². The van der Waals surface area contributed by atoms with E-state index in [1.807, 2.05) is 27.7 Å². The van der Waals surface area contributed by atoms with Crippen LogP contribution in [0.15, 0.2) is 0 Å². The molecule has 1 aliphatic carbocycles. The van der Waals surface area contributed by atoms with Crippen molar-refractivity contribution in [3.8, 4) is 0 Å². The van der Waals surface area contributed by atoms with E-state index < -0.39 is 0 Å². The first-order chi connectivity index (χ1) is 10.6. The van der Waals surface area contributed by atoms with Crippen molar-refractivity contribution in [1.29, 1.82) is 0 Å². The molecule has 1 saturated carbocycles. The average molecular weight is 317 g/mol. The molecule has 2 rings (SSSR count). The third-order valence-electron chi connectivity index (χ3n) is 3.94. The van der Waals surface area contributed by atoms with E-state index in [-0.39, 0.29) is 0 Å². The number of hydrogen-bond acceptors (Lipinski definition) is 3. The van der Waals surface area contributed by atoms with Crippen LogP contribution in [-0.2, 0) is 9.53 Å². The molecular formula is C18H40N2O2. The Morgan fingerprint density at radius 3 is 1.82 bits per heavy atom. The van der Waals surface area contributed by atoms with Crippen LogP contribution in [-0.4, -0.2) is 50.7 Å². The predicted molar refractivity (Wildman–Crippen MR) is 96.2 cm³/mol. The monoisotopic (exact) mass is 316 g/mol. The van der Waals surface area contributed by atoms with E-state index >= 15 is 0 Å². The molecule has 4 nitrogen and oxygen atoms in total. The summed E-state index contributed by atoms with van der Waals surface area (Å²) in [6.45, 7) is 15.6. The summed E-state index contributed by atoms with van der Waals surface area (Å²) in [6, 6.07) is 0.799. The molecule has 0 aromatic heterocycles. The molecule has 134 valence electrons. The Labute approximate surface area is 139 Å². The topological polar surface area (TPSA) is 41.6 Å². The molecule has 1 N–H and O–H groups in total. The second kappa shape index (κ2) is 15.3. The summed E-state index contributed by atoms with van der Waals surface area (Å²) in [5, 5.41) is 3.34. The van der Waals surface area contributed by atoms with Crippen LogP contribution in [0.4, 0.5) is 0 Å². The number of nitrogens with one attached hydrogen (secondary N) is 1. The lowest BCUT2D eigenvalue weighted by atomic mass is 9.76. The van der Waals surface area contributed by atoms with Gasteiger partial charge in [0.1, 0.15) is 0 Å². The maximum atomic E-state index is 10.0. The van der Waals surface area contributed by atoms with E-state index in [9.17, 15) is 4.79 Å². The molecule has 22 heavy (non-hydrogen) atoms. The molecular weight excluding hydrogens is 276 g/mol. The van der Waals surface area contributed by atoms with E-state index in [2.05, 4.69) is 26.2 Å². The van der Waals surface area contributed by atoms with E-state index in [1.165, 1.54) is 25.7 Å². The molecule has 4 heteroatoms. The maximum Gasteiger partial charge on any atom is 0.209 e. The van der Waals surface area contributed by atoms with Gasteiger partial charge in [0, 0.05) is 19.1 Å². The molecule has 1 aliphatic heterocycles. The minimum absolute atomic E-state index is 0.618. The first-order valence-electron chi connectivity index (χ1n) is 9.02. The molecule has 1 heterocycles. The fourth-order valence-electron chi connectivity index (χ4n) is 2.37.